The number of guanidine groups is 1. The third-order valence-corrected chi connectivity index (χ3v) is 4.83. The minimum absolute atomic E-state index is 0.0136. The van der Waals surface area contributed by atoms with Crippen LogP contribution in [0.3, 0.4) is 0 Å². The van der Waals surface area contributed by atoms with Crippen molar-refractivity contribution in [2.75, 3.05) is 33.9 Å². The molecule has 11 heteroatoms. The Bertz CT molecular complexity index is 799. The number of methoxy groups -OCH3 is 1. The average Bonchev–Trinajstić information content (AvgIpc) is 3.08. The molecule has 0 bridgehead atoms. The molecule has 30 heavy (non-hydrogen) atoms. The van der Waals surface area contributed by atoms with Crippen LogP contribution in [0.25, 0.3) is 0 Å². The van der Waals surface area contributed by atoms with E-state index < -0.39 is 36.4 Å². The molecule has 3 rings (SSSR count). The normalized spacial score (nSPS) is 24.2. The number of hydrogen-bond acceptors (Lipinski definition) is 7. The number of aliphatic hydroxyl groups is 2. The molecule has 3 amide bonds. The SMILES string of the molecule is COc1ccc(OCC(O)CN2C(=NCC(C)O)NC3C2C(=O)NC(=O)N3C)cc1. The highest BCUT2D eigenvalue weighted by Crippen LogP contribution is 2.21. The molecule has 0 spiro atoms. The second kappa shape index (κ2) is 9.18. The number of urea groups is 1. The van der Waals surface area contributed by atoms with Gasteiger partial charge in [-0.2, -0.15) is 0 Å². The molecular formula is C19H27N5O6. The molecule has 2 saturated heterocycles. The molecule has 4 atom stereocenters. The molecule has 11 nitrogen and oxygen atoms in total. The predicted molar refractivity (Wildman–Crippen MR) is 107 cm³/mol. The molecule has 0 aromatic heterocycles. The summed E-state index contributed by atoms with van der Waals surface area (Å²) in [6, 6.07) is 5.66. The molecule has 2 fully saturated rings. The molecular weight excluding hydrogens is 394 g/mol. The van der Waals surface area contributed by atoms with Crippen LogP contribution in [0.4, 0.5) is 4.79 Å². The lowest BCUT2D eigenvalue weighted by molar-refractivity contribution is -0.127. The first kappa shape index (κ1) is 21.7. The summed E-state index contributed by atoms with van der Waals surface area (Å²) >= 11 is 0. The number of likely N-dealkylation sites (N-methyl/N-ethyl adjacent to an activating group) is 1. The number of β-amino-alcohol motifs (C(OH)–C–C–N with tert-alkyl or cyclic N) is 1. The van der Waals surface area contributed by atoms with E-state index in [4.69, 9.17) is 9.47 Å². The standard InChI is InChI=1S/C19H27N5O6/c1-11(25)8-20-18-21-16-15(17(27)22-19(28)23(16)2)24(18)9-12(26)10-30-14-6-4-13(29-3)5-7-14/h4-7,11-12,15-16,25-26H,8-10H2,1-3H3,(H,20,21)(H,22,27,28). The Morgan fingerprint density at radius 1 is 1.20 bits per heavy atom. The molecule has 2 aliphatic rings. The fraction of sp³-hybridized carbons (Fsp3) is 0.526. The van der Waals surface area contributed by atoms with E-state index in [1.807, 2.05) is 0 Å². The van der Waals surface area contributed by atoms with Gasteiger partial charge in [-0.1, -0.05) is 0 Å². The van der Waals surface area contributed by atoms with Crippen LogP contribution in [-0.4, -0.2) is 96.2 Å². The van der Waals surface area contributed by atoms with Crippen LogP contribution in [0, 0.1) is 0 Å². The van der Waals surface area contributed by atoms with E-state index in [0.29, 0.717) is 17.5 Å². The lowest BCUT2D eigenvalue weighted by Crippen LogP contribution is -2.65. The van der Waals surface area contributed by atoms with E-state index in [2.05, 4.69) is 15.6 Å². The van der Waals surface area contributed by atoms with Gasteiger partial charge in [-0.25, -0.2) is 4.79 Å². The Morgan fingerprint density at radius 3 is 2.50 bits per heavy atom. The van der Waals surface area contributed by atoms with Crippen LogP contribution < -0.4 is 20.1 Å². The second-order valence-corrected chi connectivity index (χ2v) is 7.25. The van der Waals surface area contributed by atoms with Gasteiger partial charge in [-0.15, -0.1) is 0 Å². The van der Waals surface area contributed by atoms with Crippen LogP contribution in [-0.2, 0) is 4.79 Å². The van der Waals surface area contributed by atoms with Crippen molar-refractivity contribution in [2.24, 2.45) is 4.99 Å². The molecule has 1 aromatic carbocycles. The van der Waals surface area contributed by atoms with Crippen molar-refractivity contribution in [3.8, 4) is 11.5 Å². The van der Waals surface area contributed by atoms with Crippen molar-refractivity contribution in [3.63, 3.8) is 0 Å². The van der Waals surface area contributed by atoms with Crippen LogP contribution in [0.5, 0.6) is 11.5 Å². The summed E-state index contributed by atoms with van der Waals surface area (Å²) in [6.07, 6.45) is -2.26. The Morgan fingerprint density at radius 2 is 1.87 bits per heavy atom. The topological polar surface area (TPSA) is 136 Å². The van der Waals surface area contributed by atoms with Crippen molar-refractivity contribution in [1.29, 1.82) is 0 Å². The smallest absolute Gasteiger partial charge is 0.325 e. The van der Waals surface area contributed by atoms with E-state index in [1.165, 1.54) is 4.90 Å². The van der Waals surface area contributed by atoms with Gasteiger partial charge in [0.15, 0.2) is 12.0 Å². The number of imide groups is 1. The zero-order valence-corrected chi connectivity index (χ0v) is 17.1. The van der Waals surface area contributed by atoms with E-state index in [-0.39, 0.29) is 19.7 Å². The molecule has 4 unspecified atom stereocenters. The van der Waals surface area contributed by atoms with E-state index in [9.17, 15) is 19.8 Å². The third kappa shape index (κ3) is 4.74. The Labute approximate surface area is 174 Å². The number of rotatable bonds is 8. The molecule has 0 aliphatic carbocycles. The van der Waals surface area contributed by atoms with Crippen LogP contribution in [0.1, 0.15) is 6.92 Å². The maximum absolute atomic E-state index is 12.5. The number of benzene rings is 1. The van der Waals surface area contributed by atoms with E-state index in [1.54, 1.807) is 50.2 Å². The largest absolute Gasteiger partial charge is 0.497 e. The lowest BCUT2D eigenvalue weighted by atomic mass is 10.1. The van der Waals surface area contributed by atoms with Gasteiger partial charge in [0.1, 0.15) is 30.4 Å². The lowest BCUT2D eigenvalue weighted by Gasteiger charge is -2.35. The summed E-state index contributed by atoms with van der Waals surface area (Å²) < 4.78 is 10.7. The zero-order valence-electron chi connectivity index (χ0n) is 17.1. The van der Waals surface area contributed by atoms with Gasteiger partial charge in [0.25, 0.3) is 5.91 Å². The van der Waals surface area contributed by atoms with Gasteiger partial charge < -0.3 is 34.8 Å². The number of nitrogens with zero attached hydrogens (tertiary/aromatic N) is 3. The average molecular weight is 421 g/mol. The summed E-state index contributed by atoms with van der Waals surface area (Å²) in [7, 11) is 3.13. The van der Waals surface area contributed by atoms with Gasteiger partial charge in [-0.05, 0) is 31.2 Å². The Hall–Kier alpha value is -3.05. The summed E-state index contributed by atoms with van der Waals surface area (Å²) in [4.78, 5) is 31.7. The number of ether oxygens (including phenoxy) is 2. The molecule has 4 N–H and O–H groups in total. The number of carbonyl (C=O) groups is 2. The fourth-order valence-corrected chi connectivity index (χ4v) is 3.28. The molecule has 164 valence electrons. The van der Waals surface area contributed by atoms with E-state index in [0.717, 1.165) is 0 Å². The second-order valence-electron chi connectivity index (χ2n) is 7.25. The quantitative estimate of drug-likeness (QED) is 0.418. The van der Waals surface area contributed by atoms with E-state index >= 15 is 0 Å². The van der Waals surface area contributed by atoms with Gasteiger partial charge in [-0.3, -0.25) is 15.1 Å². The summed E-state index contributed by atoms with van der Waals surface area (Å²) in [5.74, 6) is 1.10. The Balaban J connectivity index is 1.70. The highest BCUT2D eigenvalue weighted by atomic mass is 16.5. The van der Waals surface area contributed by atoms with Crippen LogP contribution in [0.15, 0.2) is 29.3 Å². The van der Waals surface area contributed by atoms with Crippen LogP contribution in [0.2, 0.25) is 0 Å². The molecule has 0 saturated carbocycles. The molecule has 1 aromatic rings. The number of amides is 3. The number of nitrogens with one attached hydrogen (secondary N) is 2. The summed E-state index contributed by atoms with van der Waals surface area (Å²) in [5, 5.41) is 25.4. The zero-order chi connectivity index (χ0) is 21.8. The Kier molecular flexibility index (Phi) is 6.63. The molecule has 0 radical (unpaired) electrons. The predicted octanol–water partition coefficient (Wildman–Crippen LogP) is -1.05. The van der Waals surface area contributed by atoms with Gasteiger partial charge in [0.2, 0.25) is 0 Å². The number of fused-ring (bicyclic) bond motifs is 1. The van der Waals surface area contributed by atoms with Crippen LogP contribution >= 0.6 is 0 Å². The first-order valence-corrected chi connectivity index (χ1v) is 9.58. The first-order valence-electron chi connectivity index (χ1n) is 9.58. The maximum atomic E-state index is 12.5. The van der Waals surface area contributed by atoms with Gasteiger partial charge >= 0.3 is 6.03 Å². The molecule has 2 heterocycles. The van der Waals surface area contributed by atoms with Crippen molar-refractivity contribution < 1.29 is 29.3 Å². The van der Waals surface area contributed by atoms with Crippen molar-refractivity contribution in [3.05, 3.63) is 24.3 Å². The minimum atomic E-state index is -0.944. The highest BCUT2D eigenvalue weighted by molar-refractivity contribution is 6.04. The number of aliphatic hydroxyl groups excluding tert-OH is 2. The number of carbonyl (C=O) groups excluding carboxylic acids is 2. The maximum Gasteiger partial charge on any atom is 0.325 e. The fourth-order valence-electron chi connectivity index (χ4n) is 3.28. The molecule has 2 aliphatic heterocycles. The van der Waals surface area contributed by atoms with Gasteiger partial charge in [0, 0.05) is 7.05 Å². The summed E-state index contributed by atoms with van der Waals surface area (Å²) in [6.45, 7) is 1.73. The number of hydrogen-bond donors (Lipinski definition) is 4. The minimum Gasteiger partial charge on any atom is -0.497 e. The number of aliphatic imine (C=N–C) groups is 1. The summed E-state index contributed by atoms with van der Waals surface area (Å²) in [5.41, 5.74) is 0. The van der Waals surface area contributed by atoms with Crippen molar-refractivity contribution in [2.45, 2.75) is 31.3 Å². The van der Waals surface area contributed by atoms with Crippen molar-refractivity contribution in [1.82, 2.24) is 20.4 Å². The van der Waals surface area contributed by atoms with Gasteiger partial charge in [0.05, 0.1) is 26.3 Å². The first-order chi connectivity index (χ1) is 14.3. The third-order valence-electron chi connectivity index (χ3n) is 4.83. The van der Waals surface area contributed by atoms with Crippen molar-refractivity contribution >= 4 is 17.9 Å². The highest BCUT2D eigenvalue weighted by Gasteiger charge is 2.50. The monoisotopic (exact) mass is 421 g/mol.